The quantitative estimate of drug-likeness (QED) is 0.274. The number of carboxylic acid groups (broad SMARTS) is 1. The van der Waals surface area contributed by atoms with Gasteiger partial charge in [0.2, 0.25) is 0 Å². The number of nitrogens with one attached hydrogen (secondary N) is 1. The number of halogens is 1. The fourth-order valence-electron chi connectivity index (χ4n) is 4.39. The topological polar surface area (TPSA) is 129 Å². The predicted octanol–water partition coefficient (Wildman–Crippen LogP) is 4.14. The number of aryl methyl sites for hydroxylation is 2. The van der Waals surface area contributed by atoms with E-state index in [0.717, 1.165) is 9.44 Å². The molecule has 0 spiro atoms. The third kappa shape index (κ3) is 5.44. The average molecular weight is 541 g/mol. The van der Waals surface area contributed by atoms with Crippen LogP contribution < -0.4 is 11.2 Å². The maximum Gasteiger partial charge on any atom is 0.334 e. The highest BCUT2D eigenvalue weighted by atomic mass is 35.5. The number of carbonyl (C=O) groups is 2. The van der Waals surface area contributed by atoms with E-state index in [4.69, 9.17) is 11.6 Å². The van der Waals surface area contributed by atoms with Crippen LogP contribution in [0, 0.1) is 12.8 Å². The number of hydrogen-bond acceptors (Lipinski definition) is 6. The SMILES string of the molecule is CCc1ccc(C(=O)C[C@H](Cc2ccccc2Cl)[C@@H](O)C(=O)O)cc1-n1c(=O)[nH]c2sc(C)cc2c1=O. The Hall–Kier alpha value is -3.53. The third-order valence-electron chi connectivity index (χ3n) is 6.33. The van der Waals surface area contributed by atoms with Crippen molar-refractivity contribution < 1.29 is 19.8 Å². The maximum absolute atomic E-state index is 13.3. The Morgan fingerprint density at radius 1 is 1.11 bits per heavy atom. The normalized spacial score (nSPS) is 13.0. The minimum Gasteiger partial charge on any atom is -0.479 e. The van der Waals surface area contributed by atoms with Gasteiger partial charge in [0, 0.05) is 27.8 Å². The van der Waals surface area contributed by atoms with Crippen molar-refractivity contribution in [3.8, 4) is 5.69 Å². The second kappa shape index (κ2) is 10.8. The number of Topliss-reactive ketones (excluding diaryl/α,β-unsaturated/α-hetero) is 1. The van der Waals surface area contributed by atoms with E-state index >= 15 is 0 Å². The van der Waals surface area contributed by atoms with Crippen molar-refractivity contribution in [2.45, 2.75) is 39.2 Å². The number of nitrogens with zero attached hydrogens (tertiary/aromatic N) is 1. The molecule has 10 heteroatoms. The molecule has 2 atom stereocenters. The molecule has 2 aromatic heterocycles. The Kier molecular flexibility index (Phi) is 7.77. The summed E-state index contributed by atoms with van der Waals surface area (Å²) in [7, 11) is 0. The molecule has 2 aromatic carbocycles. The lowest BCUT2D eigenvalue weighted by Crippen LogP contribution is -2.34. The number of aliphatic hydroxyl groups excluding tert-OH is 1. The Bertz CT molecular complexity index is 1620. The van der Waals surface area contributed by atoms with Crippen LogP contribution >= 0.6 is 22.9 Å². The van der Waals surface area contributed by atoms with Gasteiger partial charge in [-0.15, -0.1) is 11.3 Å². The van der Waals surface area contributed by atoms with Gasteiger partial charge in [0.1, 0.15) is 4.83 Å². The van der Waals surface area contributed by atoms with Crippen LogP contribution in [0.2, 0.25) is 5.02 Å². The van der Waals surface area contributed by atoms with E-state index in [0.29, 0.717) is 32.8 Å². The number of aliphatic hydroxyl groups is 1. The van der Waals surface area contributed by atoms with Crippen molar-refractivity contribution >= 4 is 44.9 Å². The van der Waals surface area contributed by atoms with Gasteiger partial charge in [-0.3, -0.25) is 14.6 Å². The molecule has 0 aliphatic heterocycles. The van der Waals surface area contributed by atoms with Crippen molar-refractivity contribution in [2.24, 2.45) is 5.92 Å². The lowest BCUT2D eigenvalue weighted by Gasteiger charge is -2.20. The molecule has 192 valence electrons. The summed E-state index contributed by atoms with van der Waals surface area (Å²) in [4.78, 5) is 55.1. The number of carboxylic acids is 1. The summed E-state index contributed by atoms with van der Waals surface area (Å²) in [6.45, 7) is 3.71. The Morgan fingerprint density at radius 3 is 2.51 bits per heavy atom. The highest BCUT2D eigenvalue weighted by Crippen LogP contribution is 2.26. The van der Waals surface area contributed by atoms with Gasteiger partial charge in [-0.25, -0.2) is 14.2 Å². The second-order valence-electron chi connectivity index (χ2n) is 8.83. The first kappa shape index (κ1) is 26.5. The number of hydrogen-bond donors (Lipinski definition) is 3. The number of fused-ring (bicyclic) bond motifs is 1. The van der Waals surface area contributed by atoms with Crippen LogP contribution in [-0.2, 0) is 17.6 Å². The van der Waals surface area contributed by atoms with Crippen LogP contribution in [0.25, 0.3) is 15.9 Å². The Balaban J connectivity index is 1.74. The smallest absolute Gasteiger partial charge is 0.334 e. The fourth-order valence-corrected chi connectivity index (χ4v) is 5.50. The lowest BCUT2D eigenvalue weighted by atomic mass is 9.87. The predicted molar refractivity (Wildman–Crippen MR) is 143 cm³/mol. The number of rotatable bonds is 9. The van der Waals surface area contributed by atoms with Gasteiger partial charge in [-0.05, 0) is 49.1 Å². The first-order valence-corrected chi connectivity index (χ1v) is 12.9. The van der Waals surface area contributed by atoms with Crippen LogP contribution in [-0.4, -0.2) is 37.6 Å². The molecule has 2 heterocycles. The molecule has 0 amide bonds. The number of aromatic nitrogens is 2. The van der Waals surface area contributed by atoms with Crippen molar-refractivity contribution in [3.63, 3.8) is 0 Å². The standard InChI is InChI=1S/C27H25ClN2O6S/c1-3-15-8-9-17(12-21(15)30-25(33)19-10-14(2)37-24(19)29-27(30)36)22(31)13-18(23(32)26(34)35)11-16-6-4-5-7-20(16)28/h4-10,12,18,23,32H,3,11,13H2,1-2H3,(H,29,36)(H,34,35)/t18-,23+/m0/s1. The third-order valence-corrected chi connectivity index (χ3v) is 7.66. The number of thiophene rings is 1. The van der Waals surface area contributed by atoms with Gasteiger partial charge >= 0.3 is 11.7 Å². The summed E-state index contributed by atoms with van der Waals surface area (Å²) in [6.07, 6.45) is -1.49. The number of ketones is 1. The zero-order chi connectivity index (χ0) is 26.9. The molecule has 0 aliphatic carbocycles. The monoisotopic (exact) mass is 540 g/mol. The van der Waals surface area contributed by atoms with E-state index in [1.165, 1.54) is 17.4 Å². The molecule has 0 fully saturated rings. The number of benzene rings is 2. The molecule has 0 aliphatic rings. The van der Waals surface area contributed by atoms with Crippen molar-refractivity contribution in [1.82, 2.24) is 9.55 Å². The molecule has 0 unspecified atom stereocenters. The van der Waals surface area contributed by atoms with E-state index in [9.17, 15) is 29.4 Å². The average Bonchev–Trinajstić information content (AvgIpc) is 3.24. The van der Waals surface area contributed by atoms with Gasteiger partial charge in [0.15, 0.2) is 11.9 Å². The summed E-state index contributed by atoms with van der Waals surface area (Å²) in [6, 6.07) is 13.3. The van der Waals surface area contributed by atoms with Crippen LogP contribution in [0.1, 0.15) is 39.7 Å². The molecule has 0 saturated carbocycles. The number of H-pyrrole nitrogens is 1. The molecule has 37 heavy (non-hydrogen) atoms. The van der Waals surface area contributed by atoms with Gasteiger partial charge in [0.25, 0.3) is 5.56 Å². The van der Waals surface area contributed by atoms with Gasteiger partial charge in [-0.2, -0.15) is 0 Å². The summed E-state index contributed by atoms with van der Waals surface area (Å²) in [5, 5.41) is 20.6. The zero-order valence-electron chi connectivity index (χ0n) is 20.2. The minimum absolute atomic E-state index is 0.0755. The molecule has 8 nitrogen and oxygen atoms in total. The molecule has 4 aromatic rings. The van der Waals surface area contributed by atoms with Crippen LogP contribution in [0.15, 0.2) is 58.1 Å². The van der Waals surface area contributed by atoms with Gasteiger partial charge in [-0.1, -0.05) is 48.9 Å². The molecule has 0 saturated heterocycles. The molecule has 4 rings (SSSR count). The lowest BCUT2D eigenvalue weighted by molar-refractivity contribution is -0.149. The van der Waals surface area contributed by atoms with E-state index in [1.807, 2.05) is 13.8 Å². The Morgan fingerprint density at radius 2 is 1.84 bits per heavy atom. The fraction of sp³-hybridized carbons (Fsp3) is 0.259. The van der Waals surface area contributed by atoms with Crippen molar-refractivity contribution in [1.29, 1.82) is 0 Å². The molecule has 0 radical (unpaired) electrons. The Labute approximate surface area is 220 Å². The van der Waals surface area contributed by atoms with E-state index in [2.05, 4.69) is 4.98 Å². The summed E-state index contributed by atoms with van der Waals surface area (Å²) in [5.41, 5.74) is 0.681. The first-order valence-electron chi connectivity index (χ1n) is 11.7. The van der Waals surface area contributed by atoms with Crippen LogP contribution in [0.5, 0.6) is 0 Å². The van der Waals surface area contributed by atoms with Crippen LogP contribution in [0.3, 0.4) is 0 Å². The highest BCUT2D eigenvalue weighted by molar-refractivity contribution is 7.18. The van der Waals surface area contributed by atoms with Crippen molar-refractivity contribution in [3.05, 3.63) is 96.0 Å². The number of aromatic amines is 1. The molecular weight excluding hydrogens is 516 g/mol. The minimum atomic E-state index is -1.79. The van der Waals surface area contributed by atoms with Crippen LogP contribution in [0.4, 0.5) is 0 Å². The molecule has 3 N–H and O–H groups in total. The van der Waals surface area contributed by atoms with Crippen molar-refractivity contribution in [2.75, 3.05) is 0 Å². The van der Waals surface area contributed by atoms with E-state index in [-0.39, 0.29) is 24.1 Å². The first-order chi connectivity index (χ1) is 17.6. The highest BCUT2D eigenvalue weighted by Gasteiger charge is 2.29. The summed E-state index contributed by atoms with van der Waals surface area (Å²) < 4.78 is 1.03. The zero-order valence-corrected chi connectivity index (χ0v) is 21.7. The second-order valence-corrected chi connectivity index (χ2v) is 10.5. The summed E-state index contributed by atoms with van der Waals surface area (Å²) in [5.74, 6) is -2.82. The molecule has 0 bridgehead atoms. The summed E-state index contributed by atoms with van der Waals surface area (Å²) >= 11 is 7.53. The van der Waals surface area contributed by atoms with E-state index < -0.39 is 35.0 Å². The number of carbonyl (C=O) groups excluding carboxylic acids is 1. The van der Waals surface area contributed by atoms with Gasteiger partial charge in [0.05, 0.1) is 11.1 Å². The maximum atomic E-state index is 13.3. The number of aliphatic carboxylic acids is 1. The van der Waals surface area contributed by atoms with Gasteiger partial charge < -0.3 is 10.2 Å². The largest absolute Gasteiger partial charge is 0.479 e. The molecular formula is C27H25ClN2O6S. The van der Waals surface area contributed by atoms with E-state index in [1.54, 1.807) is 42.5 Å².